The average molecular weight is 461 g/mol. The molecule has 0 saturated heterocycles. The number of benzene rings is 2. The molecule has 6 heteroatoms. The van der Waals surface area contributed by atoms with Crippen LogP contribution in [-0.2, 0) is 0 Å². The standard InChI is InChI=1S/C18H11Br2N3S/c19-12-3-1-11(2-4-12)15-9-24-18-16(15)17(21-10-22-18)23-14-7-5-13(20)6-8-14/h1-10H,(H,21,22,23). The molecule has 0 aliphatic heterocycles. The molecule has 0 aliphatic carbocycles. The lowest BCUT2D eigenvalue weighted by Crippen LogP contribution is -1.95. The summed E-state index contributed by atoms with van der Waals surface area (Å²) in [5, 5.41) is 6.59. The number of fused-ring (bicyclic) bond motifs is 1. The van der Waals surface area contributed by atoms with E-state index in [1.165, 1.54) is 0 Å². The second-order valence-corrected chi connectivity index (χ2v) is 7.88. The Bertz CT molecular complexity index is 995. The van der Waals surface area contributed by atoms with Gasteiger partial charge in [-0.15, -0.1) is 11.3 Å². The molecule has 4 aromatic rings. The van der Waals surface area contributed by atoms with E-state index in [9.17, 15) is 0 Å². The first-order valence-corrected chi connectivity index (χ1v) is 9.68. The minimum atomic E-state index is 0.821. The summed E-state index contributed by atoms with van der Waals surface area (Å²) in [6.07, 6.45) is 1.60. The lowest BCUT2D eigenvalue weighted by atomic mass is 10.1. The summed E-state index contributed by atoms with van der Waals surface area (Å²) in [6.45, 7) is 0. The summed E-state index contributed by atoms with van der Waals surface area (Å²) in [5.41, 5.74) is 3.28. The van der Waals surface area contributed by atoms with E-state index in [-0.39, 0.29) is 0 Å². The Labute approximate surface area is 160 Å². The van der Waals surface area contributed by atoms with Crippen LogP contribution in [0.1, 0.15) is 0 Å². The molecule has 0 amide bonds. The number of halogens is 2. The first-order chi connectivity index (χ1) is 11.7. The van der Waals surface area contributed by atoms with E-state index in [0.717, 1.165) is 41.8 Å². The number of anilines is 2. The average Bonchev–Trinajstić information content (AvgIpc) is 3.03. The lowest BCUT2D eigenvalue weighted by Gasteiger charge is -2.08. The Morgan fingerprint density at radius 1 is 0.833 bits per heavy atom. The highest BCUT2D eigenvalue weighted by Gasteiger charge is 2.13. The summed E-state index contributed by atoms with van der Waals surface area (Å²) < 4.78 is 2.11. The summed E-state index contributed by atoms with van der Waals surface area (Å²) in [6, 6.07) is 16.3. The Morgan fingerprint density at radius 2 is 1.50 bits per heavy atom. The van der Waals surface area contributed by atoms with Crippen molar-refractivity contribution in [3.63, 3.8) is 0 Å². The van der Waals surface area contributed by atoms with Gasteiger partial charge < -0.3 is 5.32 Å². The summed E-state index contributed by atoms with van der Waals surface area (Å²) in [4.78, 5) is 9.85. The summed E-state index contributed by atoms with van der Waals surface area (Å²) in [7, 11) is 0. The highest BCUT2D eigenvalue weighted by atomic mass is 79.9. The molecule has 0 bridgehead atoms. The molecular formula is C18H11Br2N3S. The van der Waals surface area contributed by atoms with Gasteiger partial charge in [-0.3, -0.25) is 0 Å². The van der Waals surface area contributed by atoms with E-state index in [0.29, 0.717) is 0 Å². The molecule has 0 unspecified atom stereocenters. The van der Waals surface area contributed by atoms with Crippen molar-refractivity contribution < 1.29 is 0 Å². The van der Waals surface area contributed by atoms with E-state index in [4.69, 9.17) is 0 Å². The van der Waals surface area contributed by atoms with Gasteiger partial charge in [0.05, 0.1) is 5.39 Å². The third-order valence-electron chi connectivity index (χ3n) is 3.63. The molecule has 0 atom stereocenters. The number of hydrogen-bond donors (Lipinski definition) is 1. The predicted octanol–water partition coefficient (Wildman–Crippen LogP) is 6.63. The van der Waals surface area contributed by atoms with Gasteiger partial charge in [0, 0.05) is 25.6 Å². The maximum absolute atomic E-state index is 4.46. The first kappa shape index (κ1) is 15.7. The summed E-state index contributed by atoms with van der Waals surface area (Å²) in [5.74, 6) is 0.821. The van der Waals surface area contributed by atoms with Gasteiger partial charge in [-0.25, -0.2) is 9.97 Å². The minimum absolute atomic E-state index is 0.821. The molecule has 0 radical (unpaired) electrons. The van der Waals surface area contributed by atoms with Crippen LogP contribution >= 0.6 is 43.2 Å². The largest absolute Gasteiger partial charge is 0.340 e. The molecule has 2 aromatic heterocycles. The number of thiophene rings is 1. The minimum Gasteiger partial charge on any atom is -0.340 e. The molecule has 4 rings (SSSR count). The van der Waals surface area contributed by atoms with Crippen LogP contribution in [0.3, 0.4) is 0 Å². The van der Waals surface area contributed by atoms with Crippen LogP contribution in [0, 0.1) is 0 Å². The third kappa shape index (κ3) is 3.09. The quantitative estimate of drug-likeness (QED) is 0.373. The van der Waals surface area contributed by atoms with Crippen molar-refractivity contribution in [2.75, 3.05) is 5.32 Å². The second-order valence-electron chi connectivity index (χ2n) is 5.19. The molecule has 0 spiro atoms. The SMILES string of the molecule is Brc1ccc(Nc2ncnc3scc(-c4ccc(Br)cc4)c23)cc1. The van der Waals surface area contributed by atoms with Crippen molar-refractivity contribution >= 4 is 64.9 Å². The fourth-order valence-corrected chi connectivity index (χ4v) is 3.93. The van der Waals surface area contributed by atoms with Crippen LogP contribution in [0.15, 0.2) is 69.2 Å². The van der Waals surface area contributed by atoms with Gasteiger partial charge in [-0.05, 0) is 42.0 Å². The van der Waals surface area contributed by atoms with Gasteiger partial charge in [0.1, 0.15) is 17.0 Å². The van der Waals surface area contributed by atoms with Crippen LogP contribution in [0.2, 0.25) is 0 Å². The van der Waals surface area contributed by atoms with Gasteiger partial charge in [-0.2, -0.15) is 0 Å². The van der Waals surface area contributed by atoms with E-state index >= 15 is 0 Å². The molecule has 2 heterocycles. The Morgan fingerprint density at radius 3 is 2.21 bits per heavy atom. The van der Waals surface area contributed by atoms with Gasteiger partial charge in [-0.1, -0.05) is 44.0 Å². The Kier molecular flexibility index (Phi) is 4.35. The summed E-state index contributed by atoms with van der Waals surface area (Å²) >= 11 is 8.57. The monoisotopic (exact) mass is 459 g/mol. The molecule has 24 heavy (non-hydrogen) atoms. The van der Waals surface area contributed by atoms with Gasteiger partial charge in [0.15, 0.2) is 0 Å². The molecule has 0 saturated carbocycles. The van der Waals surface area contributed by atoms with Crippen LogP contribution in [-0.4, -0.2) is 9.97 Å². The maximum atomic E-state index is 4.46. The van der Waals surface area contributed by atoms with Crippen molar-refractivity contribution in [1.82, 2.24) is 9.97 Å². The van der Waals surface area contributed by atoms with Crippen LogP contribution in [0.25, 0.3) is 21.3 Å². The number of nitrogens with one attached hydrogen (secondary N) is 1. The third-order valence-corrected chi connectivity index (χ3v) is 5.58. The highest BCUT2D eigenvalue weighted by molar-refractivity contribution is 9.10. The van der Waals surface area contributed by atoms with E-state index in [2.05, 4.69) is 64.7 Å². The van der Waals surface area contributed by atoms with Crippen LogP contribution in [0.4, 0.5) is 11.5 Å². The van der Waals surface area contributed by atoms with Crippen molar-refractivity contribution in [2.24, 2.45) is 0 Å². The molecule has 0 fully saturated rings. The van der Waals surface area contributed by atoms with Gasteiger partial charge >= 0.3 is 0 Å². The zero-order valence-electron chi connectivity index (χ0n) is 12.3. The first-order valence-electron chi connectivity index (χ1n) is 7.21. The number of hydrogen-bond acceptors (Lipinski definition) is 4. The smallest absolute Gasteiger partial charge is 0.143 e. The second kappa shape index (κ2) is 6.63. The van der Waals surface area contributed by atoms with Crippen molar-refractivity contribution in [2.45, 2.75) is 0 Å². The molecular weight excluding hydrogens is 450 g/mol. The lowest BCUT2D eigenvalue weighted by molar-refractivity contribution is 1.23. The van der Waals surface area contributed by atoms with Gasteiger partial charge in [0.25, 0.3) is 0 Å². The van der Waals surface area contributed by atoms with Crippen LogP contribution in [0.5, 0.6) is 0 Å². The van der Waals surface area contributed by atoms with Crippen molar-refractivity contribution in [1.29, 1.82) is 0 Å². The molecule has 118 valence electrons. The van der Waals surface area contributed by atoms with Gasteiger partial charge in [0.2, 0.25) is 0 Å². The fourth-order valence-electron chi connectivity index (χ4n) is 2.48. The van der Waals surface area contributed by atoms with Crippen LogP contribution < -0.4 is 5.32 Å². The van der Waals surface area contributed by atoms with Crippen molar-refractivity contribution in [3.8, 4) is 11.1 Å². The van der Waals surface area contributed by atoms with E-state index in [1.54, 1.807) is 17.7 Å². The number of aromatic nitrogens is 2. The van der Waals surface area contributed by atoms with Crippen molar-refractivity contribution in [3.05, 3.63) is 69.2 Å². The zero-order valence-corrected chi connectivity index (χ0v) is 16.3. The molecule has 0 aliphatic rings. The molecule has 2 aromatic carbocycles. The Hall–Kier alpha value is -1.76. The number of nitrogens with zero attached hydrogens (tertiary/aromatic N) is 2. The predicted molar refractivity (Wildman–Crippen MR) is 108 cm³/mol. The fraction of sp³-hybridized carbons (Fsp3) is 0. The molecule has 1 N–H and O–H groups in total. The van der Waals surface area contributed by atoms with E-state index in [1.807, 2.05) is 36.4 Å². The highest BCUT2D eigenvalue weighted by Crippen LogP contribution is 2.37. The topological polar surface area (TPSA) is 37.8 Å². The maximum Gasteiger partial charge on any atom is 0.143 e. The number of rotatable bonds is 3. The normalized spacial score (nSPS) is 10.9. The molecule has 3 nitrogen and oxygen atoms in total. The Balaban J connectivity index is 1.82. The zero-order chi connectivity index (χ0) is 16.5. The van der Waals surface area contributed by atoms with E-state index < -0.39 is 0 Å².